The van der Waals surface area contributed by atoms with Gasteiger partial charge in [0.2, 0.25) is 0 Å². The van der Waals surface area contributed by atoms with Gasteiger partial charge >= 0.3 is 11.9 Å². The topological polar surface area (TPSA) is 52.6 Å². The van der Waals surface area contributed by atoms with Crippen molar-refractivity contribution >= 4 is 11.9 Å². The summed E-state index contributed by atoms with van der Waals surface area (Å²) in [7, 11) is 0. The van der Waals surface area contributed by atoms with Crippen molar-refractivity contribution in [2.45, 2.75) is 19.8 Å². The highest BCUT2D eigenvalue weighted by atomic mass is 16.5. The molecule has 2 rings (SSSR count). The van der Waals surface area contributed by atoms with Gasteiger partial charge in [-0.2, -0.15) is 0 Å². The van der Waals surface area contributed by atoms with Crippen LogP contribution in [-0.4, -0.2) is 11.9 Å². The molecule has 0 aromatic heterocycles. The Labute approximate surface area is 86.8 Å². The molecule has 0 aliphatic carbocycles. The second kappa shape index (κ2) is 3.73. The minimum atomic E-state index is -0.413. The number of aryl methyl sites for hydroxylation is 1. The average molecular weight is 206 g/mol. The van der Waals surface area contributed by atoms with Crippen LogP contribution in [-0.2, 0) is 9.59 Å². The van der Waals surface area contributed by atoms with Crippen molar-refractivity contribution in [3.63, 3.8) is 0 Å². The van der Waals surface area contributed by atoms with Crippen molar-refractivity contribution in [2.24, 2.45) is 0 Å². The van der Waals surface area contributed by atoms with Crippen LogP contribution in [0.15, 0.2) is 18.2 Å². The van der Waals surface area contributed by atoms with E-state index in [1.165, 1.54) is 0 Å². The highest BCUT2D eigenvalue weighted by molar-refractivity contribution is 5.81. The molecule has 0 radical (unpaired) electrons. The maximum atomic E-state index is 11.3. The largest absolute Gasteiger partial charge is 0.426 e. The van der Waals surface area contributed by atoms with E-state index < -0.39 is 11.9 Å². The van der Waals surface area contributed by atoms with Gasteiger partial charge < -0.3 is 9.47 Å². The van der Waals surface area contributed by atoms with E-state index in [0.29, 0.717) is 11.5 Å². The summed E-state index contributed by atoms with van der Waals surface area (Å²) in [5.41, 5.74) is 0.838. The van der Waals surface area contributed by atoms with Crippen molar-refractivity contribution in [3.8, 4) is 11.5 Å². The van der Waals surface area contributed by atoms with Crippen molar-refractivity contribution < 1.29 is 19.1 Å². The second-order valence-electron chi connectivity index (χ2n) is 3.38. The standard InChI is InChI=1S/C11H10O4/c1-7-2-3-8-6-9(7)15-11(13)5-4-10(12)14-8/h2-3,6H,4-5H2,1H3. The molecule has 0 N–H and O–H groups in total. The molecular formula is C11H10O4. The highest BCUT2D eigenvalue weighted by Crippen LogP contribution is 2.26. The third-order valence-electron chi connectivity index (χ3n) is 2.15. The van der Waals surface area contributed by atoms with Gasteiger partial charge in [-0.25, -0.2) is 0 Å². The third-order valence-corrected chi connectivity index (χ3v) is 2.15. The summed E-state index contributed by atoms with van der Waals surface area (Å²) in [4.78, 5) is 22.5. The Hall–Kier alpha value is -1.84. The van der Waals surface area contributed by atoms with Crippen LogP contribution >= 0.6 is 0 Å². The lowest BCUT2D eigenvalue weighted by Gasteiger charge is -2.06. The molecule has 0 amide bonds. The van der Waals surface area contributed by atoms with Crippen molar-refractivity contribution in [2.75, 3.05) is 0 Å². The second-order valence-corrected chi connectivity index (χ2v) is 3.38. The molecule has 15 heavy (non-hydrogen) atoms. The molecule has 0 saturated heterocycles. The zero-order valence-electron chi connectivity index (χ0n) is 8.28. The molecule has 0 atom stereocenters. The van der Waals surface area contributed by atoms with Gasteiger partial charge in [0.1, 0.15) is 11.5 Å². The lowest BCUT2D eigenvalue weighted by atomic mass is 10.2. The fraction of sp³-hybridized carbons (Fsp3) is 0.273. The van der Waals surface area contributed by atoms with Gasteiger partial charge in [-0.15, -0.1) is 0 Å². The van der Waals surface area contributed by atoms with Crippen LogP contribution in [0.1, 0.15) is 18.4 Å². The summed E-state index contributed by atoms with van der Waals surface area (Å²) in [6.07, 6.45) is 0.104. The number of benzene rings is 1. The van der Waals surface area contributed by atoms with E-state index in [-0.39, 0.29) is 12.8 Å². The summed E-state index contributed by atoms with van der Waals surface area (Å²) in [6.45, 7) is 1.83. The summed E-state index contributed by atoms with van der Waals surface area (Å²) < 4.78 is 10.1. The maximum absolute atomic E-state index is 11.3. The Morgan fingerprint density at radius 3 is 2.47 bits per heavy atom. The van der Waals surface area contributed by atoms with Crippen LogP contribution in [0.2, 0.25) is 0 Å². The summed E-state index contributed by atoms with van der Waals surface area (Å²) >= 11 is 0. The predicted molar refractivity (Wildman–Crippen MR) is 51.7 cm³/mol. The van der Waals surface area contributed by atoms with Gasteiger partial charge in [0.05, 0.1) is 12.8 Å². The molecule has 1 aromatic rings. The van der Waals surface area contributed by atoms with E-state index in [9.17, 15) is 9.59 Å². The van der Waals surface area contributed by atoms with Gasteiger partial charge in [0.15, 0.2) is 0 Å². The predicted octanol–water partition coefficient (Wildman–Crippen LogP) is 1.60. The van der Waals surface area contributed by atoms with Gasteiger partial charge in [-0.05, 0) is 18.6 Å². The zero-order chi connectivity index (χ0) is 10.8. The van der Waals surface area contributed by atoms with Crippen molar-refractivity contribution in [3.05, 3.63) is 23.8 Å². The molecular weight excluding hydrogens is 196 g/mol. The monoisotopic (exact) mass is 206 g/mol. The number of rotatable bonds is 0. The Morgan fingerprint density at radius 2 is 1.73 bits per heavy atom. The van der Waals surface area contributed by atoms with Crippen LogP contribution < -0.4 is 9.47 Å². The number of hydrogen-bond donors (Lipinski definition) is 0. The number of fused-ring (bicyclic) bond motifs is 2. The SMILES string of the molecule is Cc1ccc2cc1OC(=O)CCC(=O)O2. The van der Waals surface area contributed by atoms with E-state index in [2.05, 4.69) is 0 Å². The minimum Gasteiger partial charge on any atom is -0.426 e. The van der Waals surface area contributed by atoms with Crippen molar-refractivity contribution in [1.29, 1.82) is 0 Å². The number of esters is 2. The molecule has 0 unspecified atom stereocenters. The molecule has 0 spiro atoms. The van der Waals surface area contributed by atoms with E-state index >= 15 is 0 Å². The molecule has 1 aliphatic heterocycles. The lowest BCUT2D eigenvalue weighted by Crippen LogP contribution is -2.12. The van der Waals surface area contributed by atoms with Crippen LogP contribution in [0.4, 0.5) is 0 Å². The van der Waals surface area contributed by atoms with Crippen LogP contribution in [0.5, 0.6) is 11.5 Å². The Bertz CT molecular complexity index is 423. The summed E-state index contributed by atoms with van der Waals surface area (Å²) in [5.74, 6) is 0.0419. The molecule has 2 bridgehead atoms. The Balaban J connectivity index is 2.40. The van der Waals surface area contributed by atoms with E-state index in [0.717, 1.165) is 5.56 Å². The normalized spacial score (nSPS) is 15.8. The number of ether oxygens (including phenoxy) is 2. The summed E-state index contributed by atoms with van der Waals surface area (Å²) in [5, 5.41) is 0. The molecule has 0 fully saturated rings. The third kappa shape index (κ3) is 2.15. The molecule has 1 aliphatic rings. The Kier molecular flexibility index (Phi) is 2.41. The number of hydrogen-bond acceptors (Lipinski definition) is 4. The number of carbonyl (C=O) groups is 2. The molecule has 0 saturated carbocycles. The number of carbonyl (C=O) groups excluding carboxylic acids is 2. The van der Waals surface area contributed by atoms with Gasteiger partial charge in [0, 0.05) is 6.07 Å². The Morgan fingerprint density at radius 1 is 1.07 bits per heavy atom. The fourth-order valence-corrected chi connectivity index (χ4v) is 1.31. The first-order valence-electron chi connectivity index (χ1n) is 4.67. The molecule has 1 aromatic carbocycles. The van der Waals surface area contributed by atoms with Gasteiger partial charge in [-0.1, -0.05) is 6.07 Å². The first-order valence-corrected chi connectivity index (χ1v) is 4.67. The van der Waals surface area contributed by atoms with E-state index in [1.54, 1.807) is 18.2 Å². The minimum absolute atomic E-state index is 0.0519. The van der Waals surface area contributed by atoms with Gasteiger partial charge in [-0.3, -0.25) is 9.59 Å². The first kappa shape index (κ1) is 9.71. The molecule has 4 nitrogen and oxygen atoms in total. The highest BCUT2D eigenvalue weighted by Gasteiger charge is 2.16. The molecule has 1 heterocycles. The summed E-state index contributed by atoms with van der Waals surface area (Å²) in [6, 6.07) is 4.98. The smallest absolute Gasteiger partial charge is 0.311 e. The molecule has 4 heteroatoms. The van der Waals surface area contributed by atoms with Crippen LogP contribution in [0.3, 0.4) is 0 Å². The van der Waals surface area contributed by atoms with Crippen molar-refractivity contribution in [1.82, 2.24) is 0 Å². The van der Waals surface area contributed by atoms with E-state index in [4.69, 9.17) is 9.47 Å². The van der Waals surface area contributed by atoms with Crippen LogP contribution in [0, 0.1) is 6.92 Å². The quantitative estimate of drug-likeness (QED) is 0.478. The fourth-order valence-electron chi connectivity index (χ4n) is 1.31. The van der Waals surface area contributed by atoms with Crippen LogP contribution in [0.25, 0.3) is 0 Å². The lowest BCUT2D eigenvalue weighted by molar-refractivity contribution is -0.140. The van der Waals surface area contributed by atoms with E-state index in [1.807, 2.05) is 6.92 Å². The maximum Gasteiger partial charge on any atom is 0.311 e. The first-order chi connectivity index (χ1) is 7.15. The average Bonchev–Trinajstić information content (AvgIpc) is 2.24. The zero-order valence-corrected chi connectivity index (χ0v) is 8.28. The van der Waals surface area contributed by atoms with Gasteiger partial charge in [0.25, 0.3) is 0 Å². The molecule has 78 valence electrons.